The Hall–Kier alpha value is -3.16. The molecule has 30 heavy (non-hydrogen) atoms. The predicted molar refractivity (Wildman–Crippen MR) is 114 cm³/mol. The quantitative estimate of drug-likeness (QED) is 0.275. The highest BCUT2D eigenvalue weighted by atomic mass is 16.5. The molecule has 1 atom stereocenters. The van der Waals surface area contributed by atoms with Crippen molar-refractivity contribution < 1.29 is 14.8 Å². The molecule has 4 N–H and O–H groups in total. The van der Waals surface area contributed by atoms with Crippen molar-refractivity contribution in [3.63, 3.8) is 0 Å². The second-order valence-electron chi connectivity index (χ2n) is 7.58. The van der Waals surface area contributed by atoms with Gasteiger partial charge in [-0.15, -0.1) is 0 Å². The van der Waals surface area contributed by atoms with Crippen molar-refractivity contribution in [1.82, 2.24) is 20.7 Å². The van der Waals surface area contributed by atoms with Crippen LogP contribution in [0.2, 0.25) is 0 Å². The number of fused-ring (bicyclic) bond motifs is 3. The third-order valence-corrected chi connectivity index (χ3v) is 5.62. The Morgan fingerprint density at radius 3 is 2.63 bits per heavy atom. The Morgan fingerprint density at radius 2 is 1.83 bits per heavy atom. The van der Waals surface area contributed by atoms with Crippen molar-refractivity contribution in [2.75, 3.05) is 19.6 Å². The van der Waals surface area contributed by atoms with Gasteiger partial charge in [0.1, 0.15) is 0 Å². The molecule has 0 aliphatic carbocycles. The van der Waals surface area contributed by atoms with Crippen molar-refractivity contribution in [2.24, 2.45) is 0 Å². The third-order valence-electron chi connectivity index (χ3n) is 5.62. The van der Waals surface area contributed by atoms with Crippen molar-refractivity contribution in [2.45, 2.75) is 25.3 Å². The summed E-state index contributed by atoms with van der Waals surface area (Å²) in [5, 5.41) is 12.7. The lowest BCUT2D eigenvalue weighted by Gasteiger charge is -2.35. The van der Waals surface area contributed by atoms with E-state index in [0.29, 0.717) is 13.0 Å². The van der Waals surface area contributed by atoms with Gasteiger partial charge in [0, 0.05) is 36.1 Å². The number of rotatable bonds is 7. The first-order valence-electron chi connectivity index (χ1n) is 10.3. The van der Waals surface area contributed by atoms with Crippen LogP contribution < -0.4 is 10.8 Å². The van der Waals surface area contributed by atoms with E-state index in [1.54, 1.807) is 5.48 Å². The zero-order valence-corrected chi connectivity index (χ0v) is 16.7. The first kappa shape index (κ1) is 20.1. The van der Waals surface area contributed by atoms with Crippen LogP contribution in [-0.4, -0.2) is 46.5 Å². The largest absolute Gasteiger partial charge is 0.357 e. The van der Waals surface area contributed by atoms with E-state index in [4.69, 9.17) is 5.21 Å². The normalized spacial score (nSPS) is 16.2. The standard InChI is InChI=1S/C23H26N4O3/c28-20(26-30)11-6-13-24-21(29)15-27-14-12-18-17-9-4-5-10-19(17)25-22(18)23(27)16-7-2-1-3-8-16/h1-5,7-10,23,25,30H,6,11-15H2,(H,24,29)(H,26,28). The molecule has 7 heteroatoms. The molecular formula is C23H26N4O3. The van der Waals surface area contributed by atoms with Crippen LogP contribution in [0.1, 0.15) is 35.7 Å². The molecule has 0 radical (unpaired) electrons. The zero-order chi connectivity index (χ0) is 20.9. The lowest BCUT2D eigenvalue weighted by atomic mass is 9.92. The van der Waals surface area contributed by atoms with Crippen molar-refractivity contribution >= 4 is 22.7 Å². The van der Waals surface area contributed by atoms with Gasteiger partial charge in [-0.2, -0.15) is 0 Å². The monoisotopic (exact) mass is 406 g/mol. The number of hydroxylamine groups is 1. The topological polar surface area (TPSA) is 97.5 Å². The van der Waals surface area contributed by atoms with Crippen LogP contribution in [0.15, 0.2) is 54.6 Å². The van der Waals surface area contributed by atoms with Crippen molar-refractivity contribution in [3.05, 3.63) is 71.4 Å². The van der Waals surface area contributed by atoms with Gasteiger partial charge in [-0.05, 0) is 30.0 Å². The Balaban J connectivity index is 1.53. The molecule has 156 valence electrons. The van der Waals surface area contributed by atoms with Gasteiger partial charge in [0.05, 0.1) is 12.6 Å². The second-order valence-corrected chi connectivity index (χ2v) is 7.58. The van der Waals surface area contributed by atoms with Gasteiger partial charge < -0.3 is 10.3 Å². The van der Waals surface area contributed by atoms with Gasteiger partial charge >= 0.3 is 0 Å². The molecule has 0 spiro atoms. The van der Waals surface area contributed by atoms with E-state index in [2.05, 4.69) is 45.5 Å². The fourth-order valence-corrected chi connectivity index (χ4v) is 4.25. The van der Waals surface area contributed by atoms with Crippen molar-refractivity contribution in [1.29, 1.82) is 0 Å². The van der Waals surface area contributed by atoms with Crippen LogP contribution in [0.3, 0.4) is 0 Å². The molecular weight excluding hydrogens is 380 g/mol. The number of hydrogen-bond donors (Lipinski definition) is 4. The molecule has 1 aliphatic heterocycles. The summed E-state index contributed by atoms with van der Waals surface area (Å²) in [6.07, 6.45) is 1.53. The fourth-order valence-electron chi connectivity index (χ4n) is 4.25. The Morgan fingerprint density at radius 1 is 1.07 bits per heavy atom. The first-order chi connectivity index (χ1) is 14.7. The SMILES string of the molecule is O=C(CCCNC(=O)CN1CCc2c([nH]c3ccccc23)C1c1ccccc1)NO. The smallest absolute Gasteiger partial charge is 0.243 e. The minimum Gasteiger partial charge on any atom is -0.357 e. The highest BCUT2D eigenvalue weighted by Gasteiger charge is 2.32. The summed E-state index contributed by atoms with van der Waals surface area (Å²) in [5.74, 6) is -0.518. The van der Waals surface area contributed by atoms with Crippen LogP contribution in [0.25, 0.3) is 10.9 Å². The lowest BCUT2D eigenvalue weighted by Crippen LogP contribution is -2.43. The van der Waals surface area contributed by atoms with Crippen molar-refractivity contribution in [3.8, 4) is 0 Å². The molecule has 1 aliphatic rings. The Labute approximate surface area is 175 Å². The summed E-state index contributed by atoms with van der Waals surface area (Å²) in [6, 6.07) is 18.6. The van der Waals surface area contributed by atoms with Gasteiger partial charge in [0.15, 0.2) is 0 Å². The fraction of sp³-hybridized carbons (Fsp3) is 0.304. The minimum absolute atomic E-state index is 0.0201. The number of carbonyl (C=O) groups is 2. The maximum Gasteiger partial charge on any atom is 0.243 e. The molecule has 0 saturated carbocycles. The molecule has 0 saturated heterocycles. The number of para-hydroxylation sites is 1. The number of hydrogen-bond acceptors (Lipinski definition) is 4. The van der Waals surface area contributed by atoms with Gasteiger partial charge in [-0.25, -0.2) is 5.48 Å². The second kappa shape index (κ2) is 9.11. The molecule has 2 heterocycles. The van der Waals surface area contributed by atoms with E-state index >= 15 is 0 Å². The van der Waals surface area contributed by atoms with E-state index in [-0.39, 0.29) is 24.9 Å². The number of amides is 2. The molecule has 0 bridgehead atoms. The van der Waals surface area contributed by atoms with E-state index < -0.39 is 5.91 Å². The van der Waals surface area contributed by atoms with Crippen LogP contribution in [-0.2, 0) is 16.0 Å². The lowest BCUT2D eigenvalue weighted by molar-refractivity contribution is -0.129. The number of H-pyrrole nitrogens is 1. The zero-order valence-electron chi connectivity index (χ0n) is 16.7. The van der Waals surface area contributed by atoms with Crippen LogP contribution >= 0.6 is 0 Å². The summed E-state index contributed by atoms with van der Waals surface area (Å²) in [5.41, 5.74) is 6.35. The highest BCUT2D eigenvalue weighted by molar-refractivity contribution is 5.85. The average molecular weight is 406 g/mol. The number of aromatic nitrogens is 1. The van der Waals surface area contributed by atoms with Crippen LogP contribution in [0.4, 0.5) is 0 Å². The predicted octanol–water partition coefficient (Wildman–Crippen LogP) is 2.52. The summed E-state index contributed by atoms with van der Waals surface area (Å²) in [6.45, 7) is 1.46. The number of nitrogens with one attached hydrogen (secondary N) is 3. The summed E-state index contributed by atoms with van der Waals surface area (Å²) in [7, 11) is 0. The van der Waals surface area contributed by atoms with E-state index in [1.165, 1.54) is 10.9 Å². The molecule has 3 aromatic rings. The number of benzene rings is 2. The maximum absolute atomic E-state index is 12.6. The molecule has 2 aromatic carbocycles. The molecule has 1 unspecified atom stereocenters. The maximum atomic E-state index is 12.6. The number of aromatic amines is 1. The van der Waals surface area contributed by atoms with Crippen LogP contribution in [0, 0.1) is 0 Å². The van der Waals surface area contributed by atoms with E-state index in [1.807, 2.05) is 24.3 Å². The molecule has 7 nitrogen and oxygen atoms in total. The Kier molecular flexibility index (Phi) is 6.11. The summed E-state index contributed by atoms with van der Waals surface area (Å²) < 4.78 is 0. The summed E-state index contributed by atoms with van der Waals surface area (Å²) >= 11 is 0. The highest BCUT2D eigenvalue weighted by Crippen LogP contribution is 2.38. The van der Waals surface area contributed by atoms with Gasteiger partial charge in [-0.1, -0.05) is 48.5 Å². The number of carbonyl (C=O) groups excluding carboxylic acids is 2. The molecule has 1 aromatic heterocycles. The average Bonchev–Trinajstić information content (AvgIpc) is 3.15. The molecule has 2 amide bonds. The molecule has 4 rings (SSSR count). The van der Waals surface area contributed by atoms with E-state index in [9.17, 15) is 9.59 Å². The van der Waals surface area contributed by atoms with Gasteiger partial charge in [0.25, 0.3) is 0 Å². The minimum atomic E-state index is -0.448. The van der Waals surface area contributed by atoms with Gasteiger partial charge in [0.2, 0.25) is 11.8 Å². The first-order valence-corrected chi connectivity index (χ1v) is 10.3. The Bertz CT molecular complexity index is 1030. The molecule has 0 fully saturated rings. The van der Waals surface area contributed by atoms with E-state index in [0.717, 1.165) is 29.7 Å². The van der Waals surface area contributed by atoms with Gasteiger partial charge in [-0.3, -0.25) is 19.7 Å². The number of nitrogens with zero attached hydrogens (tertiary/aromatic N) is 1. The van der Waals surface area contributed by atoms with Crippen LogP contribution in [0.5, 0.6) is 0 Å². The summed E-state index contributed by atoms with van der Waals surface area (Å²) in [4.78, 5) is 29.4. The third kappa shape index (κ3) is 4.22.